The number of alkyl halides is 3. The van der Waals surface area contributed by atoms with Gasteiger partial charge in [0.25, 0.3) is 10.0 Å². The number of hydrogen-bond acceptors (Lipinski definition) is 2. The summed E-state index contributed by atoms with van der Waals surface area (Å²) in [4.78, 5) is 0.0684. The maximum absolute atomic E-state index is 13.0. The fraction of sp³-hybridized carbons (Fsp3) is 0.0526. The molecule has 0 atom stereocenters. The highest BCUT2D eigenvalue weighted by Crippen LogP contribution is 2.35. The Kier molecular flexibility index (Phi) is 4.73. The van der Waals surface area contributed by atoms with Gasteiger partial charge in [-0.05, 0) is 35.9 Å². The third kappa shape index (κ3) is 3.88. The van der Waals surface area contributed by atoms with Gasteiger partial charge in [-0.1, -0.05) is 48.5 Å². The van der Waals surface area contributed by atoms with Crippen molar-refractivity contribution in [2.75, 3.05) is 4.72 Å². The van der Waals surface area contributed by atoms with Gasteiger partial charge in [-0.2, -0.15) is 13.2 Å². The van der Waals surface area contributed by atoms with Crippen molar-refractivity contribution in [2.24, 2.45) is 0 Å². The van der Waals surface area contributed by atoms with Crippen molar-refractivity contribution in [3.8, 4) is 11.1 Å². The number of sulfonamides is 1. The molecule has 0 radical (unpaired) electrons. The molecule has 0 saturated heterocycles. The van der Waals surface area contributed by atoms with Gasteiger partial charge in [-0.25, -0.2) is 8.42 Å². The first-order valence-electron chi connectivity index (χ1n) is 7.62. The zero-order valence-electron chi connectivity index (χ0n) is 13.4. The molecule has 0 heterocycles. The Labute approximate surface area is 149 Å². The number of halogens is 3. The topological polar surface area (TPSA) is 46.2 Å². The predicted octanol–water partition coefficient (Wildman–Crippen LogP) is 5.17. The monoisotopic (exact) mass is 377 g/mol. The van der Waals surface area contributed by atoms with Crippen LogP contribution in [0.3, 0.4) is 0 Å². The summed E-state index contributed by atoms with van der Waals surface area (Å²) in [5.41, 5.74) is 0.0377. The van der Waals surface area contributed by atoms with Gasteiger partial charge in [0.15, 0.2) is 0 Å². The van der Waals surface area contributed by atoms with Gasteiger partial charge < -0.3 is 0 Å². The van der Waals surface area contributed by atoms with E-state index in [1.807, 2.05) is 0 Å². The van der Waals surface area contributed by atoms with Crippen molar-refractivity contribution in [2.45, 2.75) is 11.1 Å². The Morgan fingerprint density at radius 3 is 2.12 bits per heavy atom. The smallest absolute Gasteiger partial charge is 0.279 e. The number of para-hydroxylation sites is 1. The predicted molar refractivity (Wildman–Crippen MR) is 94.1 cm³/mol. The summed E-state index contributed by atoms with van der Waals surface area (Å²) in [6, 6.07) is 18.8. The first-order chi connectivity index (χ1) is 12.3. The van der Waals surface area contributed by atoms with Gasteiger partial charge in [0, 0.05) is 5.56 Å². The van der Waals surface area contributed by atoms with E-state index < -0.39 is 21.8 Å². The standard InChI is InChI=1S/C19H14F3NO2S/c20-19(21,22)15-8-6-7-14(13-15)17-11-4-5-12-18(17)23-26(24,25)16-9-2-1-3-10-16/h1-13,23H. The number of nitrogens with one attached hydrogen (secondary N) is 1. The molecule has 0 aliphatic carbocycles. The summed E-state index contributed by atoms with van der Waals surface area (Å²) >= 11 is 0. The van der Waals surface area contributed by atoms with Gasteiger partial charge in [-0.3, -0.25) is 4.72 Å². The number of rotatable bonds is 4. The van der Waals surface area contributed by atoms with Crippen LogP contribution in [0, 0.1) is 0 Å². The highest BCUT2D eigenvalue weighted by molar-refractivity contribution is 7.92. The molecule has 1 N–H and O–H groups in total. The Bertz CT molecular complexity index is 1020. The lowest BCUT2D eigenvalue weighted by Crippen LogP contribution is -2.13. The van der Waals surface area contributed by atoms with Crippen molar-refractivity contribution in [1.82, 2.24) is 0 Å². The Morgan fingerprint density at radius 1 is 0.769 bits per heavy atom. The van der Waals surface area contributed by atoms with E-state index in [4.69, 9.17) is 0 Å². The fourth-order valence-electron chi connectivity index (χ4n) is 2.49. The number of anilines is 1. The Balaban J connectivity index is 2.03. The third-order valence-corrected chi connectivity index (χ3v) is 5.11. The molecule has 7 heteroatoms. The third-order valence-electron chi connectivity index (χ3n) is 3.73. The molecule has 134 valence electrons. The van der Waals surface area contributed by atoms with Crippen molar-refractivity contribution in [3.05, 3.63) is 84.4 Å². The van der Waals surface area contributed by atoms with Crippen LogP contribution in [0.1, 0.15) is 5.56 Å². The van der Waals surface area contributed by atoms with Crippen molar-refractivity contribution >= 4 is 15.7 Å². The summed E-state index contributed by atoms with van der Waals surface area (Å²) in [7, 11) is -3.85. The normalized spacial score (nSPS) is 12.0. The maximum atomic E-state index is 13.0. The molecule has 0 unspecified atom stereocenters. The average Bonchev–Trinajstić information content (AvgIpc) is 2.62. The summed E-state index contributed by atoms with van der Waals surface area (Å²) in [5.74, 6) is 0. The van der Waals surface area contributed by atoms with Gasteiger partial charge in [0.2, 0.25) is 0 Å². The number of hydrogen-bond donors (Lipinski definition) is 1. The summed E-state index contributed by atoms with van der Waals surface area (Å²) in [5, 5.41) is 0. The minimum absolute atomic E-state index is 0.0684. The van der Waals surface area contributed by atoms with Crippen molar-refractivity contribution < 1.29 is 21.6 Å². The second-order valence-electron chi connectivity index (χ2n) is 5.54. The van der Waals surface area contributed by atoms with Crippen LogP contribution in [-0.2, 0) is 16.2 Å². The van der Waals surface area contributed by atoms with Crippen LogP contribution >= 0.6 is 0 Å². The van der Waals surface area contributed by atoms with Crippen LogP contribution in [0.2, 0.25) is 0 Å². The molecule has 0 saturated carbocycles. The lowest BCUT2D eigenvalue weighted by molar-refractivity contribution is -0.137. The SMILES string of the molecule is O=S(=O)(Nc1ccccc1-c1cccc(C(F)(F)F)c1)c1ccccc1. The molecule has 3 nitrogen and oxygen atoms in total. The fourth-order valence-corrected chi connectivity index (χ4v) is 3.59. The first-order valence-corrected chi connectivity index (χ1v) is 9.10. The highest BCUT2D eigenvalue weighted by atomic mass is 32.2. The van der Waals surface area contributed by atoms with E-state index in [-0.39, 0.29) is 16.1 Å². The molecule has 0 spiro atoms. The molecule has 0 aliphatic heterocycles. The molecule has 26 heavy (non-hydrogen) atoms. The maximum Gasteiger partial charge on any atom is 0.416 e. The largest absolute Gasteiger partial charge is 0.416 e. The second kappa shape index (κ2) is 6.84. The van der Waals surface area contributed by atoms with Crippen LogP contribution < -0.4 is 4.72 Å². The molecule has 0 aromatic heterocycles. The van der Waals surface area contributed by atoms with Crippen LogP contribution in [0.4, 0.5) is 18.9 Å². The molecule has 3 rings (SSSR count). The van der Waals surface area contributed by atoms with Gasteiger partial charge in [0.1, 0.15) is 0 Å². The molecule has 3 aromatic rings. The average molecular weight is 377 g/mol. The zero-order valence-corrected chi connectivity index (χ0v) is 14.2. The van der Waals surface area contributed by atoms with Crippen LogP contribution in [0.25, 0.3) is 11.1 Å². The lowest BCUT2D eigenvalue weighted by atomic mass is 10.0. The van der Waals surface area contributed by atoms with E-state index in [1.165, 1.54) is 30.3 Å². The van der Waals surface area contributed by atoms with Crippen LogP contribution in [0.5, 0.6) is 0 Å². The van der Waals surface area contributed by atoms with Crippen molar-refractivity contribution in [3.63, 3.8) is 0 Å². The minimum Gasteiger partial charge on any atom is -0.279 e. The molecule has 0 bridgehead atoms. The van der Waals surface area contributed by atoms with E-state index in [1.54, 1.807) is 36.4 Å². The first kappa shape index (κ1) is 18.0. The second-order valence-corrected chi connectivity index (χ2v) is 7.23. The zero-order chi connectivity index (χ0) is 18.8. The minimum atomic E-state index is -4.48. The molecule has 0 aliphatic rings. The van der Waals surface area contributed by atoms with E-state index in [0.717, 1.165) is 12.1 Å². The molecule has 3 aromatic carbocycles. The van der Waals surface area contributed by atoms with E-state index in [2.05, 4.69) is 4.72 Å². The highest BCUT2D eigenvalue weighted by Gasteiger charge is 2.30. The molecular weight excluding hydrogens is 363 g/mol. The molecule has 0 amide bonds. The van der Waals surface area contributed by atoms with Crippen LogP contribution in [0.15, 0.2) is 83.8 Å². The van der Waals surface area contributed by atoms with Gasteiger partial charge in [0.05, 0.1) is 16.1 Å². The van der Waals surface area contributed by atoms with Crippen LogP contribution in [-0.4, -0.2) is 8.42 Å². The Morgan fingerprint density at radius 2 is 1.42 bits per heavy atom. The summed E-state index contributed by atoms with van der Waals surface area (Å²) in [6.07, 6.45) is -4.48. The van der Waals surface area contributed by atoms with E-state index in [0.29, 0.717) is 5.56 Å². The summed E-state index contributed by atoms with van der Waals surface area (Å²) in [6.45, 7) is 0. The van der Waals surface area contributed by atoms with Gasteiger partial charge in [-0.15, -0.1) is 0 Å². The molecular formula is C19H14F3NO2S. The molecule has 0 fully saturated rings. The van der Waals surface area contributed by atoms with E-state index >= 15 is 0 Å². The summed E-state index contributed by atoms with van der Waals surface area (Å²) < 4.78 is 66.4. The lowest BCUT2D eigenvalue weighted by Gasteiger charge is -2.14. The van der Waals surface area contributed by atoms with E-state index in [9.17, 15) is 21.6 Å². The van der Waals surface area contributed by atoms with Gasteiger partial charge >= 0.3 is 6.18 Å². The number of benzene rings is 3. The Hall–Kier alpha value is -2.80. The van der Waals surface area contributed by atoms with Crippen molar-refractivity contribution in [1.29, 1.82) is 0 Å². The quantitative estimate of drug-likeness (QED) is 0.682.